The average Bonchev–Trinajstić information content (AvgIpc) is 3.26. The zero-order valence-corrected chi connectivity index (χ0v) is 20.0. The summed E-state index contributed by atoms with van der Waals surface area (Å²) < 4.78 is 32.3. The lowest BCUT2D eigenvalue weighted by molar-refractivity contribution is -0.127. The molecule has 0 spiro atoms. The van der Waals surface area contributed by atoms with E-state index < -0.39 is 35.8 Å². The van der Waals surface area contributed by atoms with Crippen molar-refractivity contribution in [3.63, 3.8) is 0 Å². The van der Waals surface area contributed by atoms with Crippen LogP contribution in [0.1, 0.15) is 36.6 Å². The second-order valence-corrected chi connectivity index (χ2v) is 8.91. The Morgan fingerprint density at radius 2 is 1.72 bits per heavy atom. The van der Waals surface area contributed by atoms with Crippen LogP contribution in [0.25, 0.3) is 10.9 Å². The molecule has 2 amide bonds. The predicted octanol–water partition coefficient (Wildman–Crippen LogP) is 5.55. The molecule has 0 saturated heterocycles. The number of amides is 2. The minimum absolute atomic E-state index is 0.0204. The number of fused-ring (bicyclic) bond motifs is 1. The first-order valence-corrected chi connectivity index (χ1v) is 11.5. The van der Waals surface area contributed by atoms with E-state index in [9.17, 15) is 18.4 Å². The first-order valence-electron chi connectivity index (χ1n) is 11.5. The van der Waals surface area contributed by atoms with Crippen molar-refractivity contribution in [2.75, 3.05) is 0 Å². The maximum absolute atomic E-state index is 14.0. The zero-order chi connectivity index (χ0) is 25.7. The number of hydrogen-bond donors (Lipinski definition) is 3. The van der Waals surface area contributed by atoms with Crippen LogP contribution in [0.4, 0.5) is 13.6 Å². The third-order valence-electron chi connectivity index (χ3n) is 6.12. The molecule has 6 nitrogen and oxygen atoms in total. The van der Waals surface area contributed by atoms with Crippen LogP contribution in [0.2, 0.25) is 0 Å². The van der Waals surface area contributed by atoms with Crippen LogP contribution >= 0.6 is 0 Å². The Hall–Kier alpha value is -4.20. The van der Waals surface area contributed by atoms with E-state index in [-0.39, 0.29) is 18.0 Å². The largest absolute Gasteiger partial charge is 0.445 e. The maximum atomic E-state index is 14.0. The van der Waals surface area contributed by atoms with E-state index in [0.717, 1.165) is 34.2 Å². The predicted molar refractivity (Wildman–Crippen MR) is 133 cm³/mol. The number of alkyl carbamates (subject to hydrolysis) is 1. The normalized spacial score (nSPS) is 13.6. The summed E-state index contributed by atoms with van der Waals surface area (Å²) in [7, 11) is 0. The highest BCUT2D eigenvalue weighted by molar-refractivity contribution is 5.91. The van der Waals surface area contributed by atoms with Crippen molar-refractivity contribution in [3.05, 3.63) is 107 Å². The van der Waals surface area contributed by atoms with E-state index in [1.54, 1.807) is 13.1 Å². The van der Waals surface area contributed by atoms with Gasteiger partial charge in [-0.1, -0.05) is 48.5 Å². The number of carbonyl (C=O) groups is 2. The molecule has 36 heavy (non-hydrogen) atoms. The Kier molecular flexibility index (Phi) is 7.33. The van der Waals surface area contributed by atoms with E-state index in [4.69, 9.17) is 4.74 Å². The Morgan fingerprint density at radius 1 is 1.00 bits per heavy atom. The molecule has 186 valence electrons. The molecule has 0 bridgehead atoms. The Bertz CT molecular complexity index is 1370. The summed E-state index contributed by atoms with van der Waals surface area (Å²) in [6, 6.07) is 19.8. The number of rotatable bonds is 8. The van der Waals surface area contributed by atoms with Gasteiger partial charge in [-0.3, -0.25) is 4.79 Å². The monoisotopic (exact) mass is 491 g/mol. The molecule has 0 radical (unpaired) electrons. The molecule has 2 atom stereocenters. The summed E-state index contributed by atoms with van der Waals surface area (Å²) >= 11 is 0. The topological polar surface area (TPSA) is 83.2 Å². The van der Waals surface area contributed by atoms with Crippen LogP contribution in [-0.4, -0.2) is 22.5 Å². The summed E-state index contributed by atoms with van der Waals surface area (Å²) in [4.78, 5) is 29.4. The molecule has 0 aliphatic carbocycles. The number of aromatic nitrogens is 1. The molecule has 8 heteroatoms. The van der Waals surface area contributed by atoms with Crippen LogP contribution in [0.15, 0.2) is 79.0 Å². The molecule has 0 saturated carbocycles. The van der Waals surface area contributed by atoms with Crippen molar-refractivity contribution in [1.29, 1.82) is 0 Å². The first kappa shape index (κ1) is 24.9. The summed E-state index contributed by atoms with van der Waals surface area (Å²) in [5.41, 5.74) is 1.27. The van der Waals surface area contributed by atoms with Gasteiger partial charge < -0.3 is 20.4 Å². The van der Waals surface area contributed by atoms with Crippen LogP contribution in [-0.2, 0) is 22.6 Å². The fraction of sp³-hybridized carbons (Fsp3) is 0.214. The average molecular weight is 492 g/mol. The van der Waals surface area contributed by atoms with Gasteiger partial charge in [0, 0.05) is 35.2 Å². The van der Waals surface area contributed by atoms with Crippen LogP contribution in [0.3, 0.4) is 0 Å². The van der Waals surface area contributed by atoms with Gasteiger partial charge in [-0.25, -0.2) is 13.6 Å². The minimum Gasteiger partial charge on any atom is -0.445 e. The second-order valence-electron chi connectivity index (χ2n) is 8.91. The van der Waals surface area contributed by atoms with Crippen LogP contribution in [0, 0.1) is 11.6 Å². The molecule has 3 aromatic carbocycles. The SMILES string of the molecule is CC(NC(=O)C(C)(Cc1c[nH]c2ccccc12)NC(=O)OCc1ccc(F)cc1F)c1ccccc1. The van der Waals surface area contributed by atoms with Gasteiger partial charge in [0.2, 0.25) is 5.91 Å². The zero-order valence-electron chi connectivity index (χ0n) is 20.0. The number of H-pyrrole nitrogens is 1. The van der Waals surface area contributed by atoms with Gasteiger partial charge in [0.25, 0.3) is 0 Å². The summed E-state index contributed by atoms with van der Waals surface area (Å²) in [6.45, 7) is 3.06. The third-order valence-corrected chi connectivity index (χ3v) is 6.12. The molecule has 4 aromatic rings. The lowest BCUT2D eigenvalue weighted by Gasteiger charge is -2.31. The van der Waals surface area contributed by atoms with E-state index in [0.29, 0.717) is 0 Å². The lowest BCUT2D eigenvalue weighted by atomic mass is 9.91. The van der Waals surface area contributed by atoms with E-state index in [2.05, 4.69) is 15.6 Å². The van der Waals surface area contributed by atoms with Gasteiger partial charge in [0.15, 0.2) is 0 Å². The number of benzene rings is 3. The number of hydrogen-bond acceptors (Lipinski definition) is 3. The molecule has 0 aliphatic heterocycles. The van der Waals surface area contributed by atoms with Crippen molar-refractivity contribution >= 4 is 22.9 Å². The fourth-order valence-corrected chi connectivity index (χ4v) is 4.06. The van der Waals surface area contributed by atoms with Gasteiger partial charge in [-0.15, -0.1) is 0 Å². The van der Waals surface area contributed by atoms with Gasteiger partial charge in [-0.2, -0.15) is 0 Å². The highest BCUT2D eigenvalue weighted by Gasteiger charge is 2.37. The summed E-state index contributed by atoms with van der Waals surface area (Å²) in [6.07, 6.45) is 1.07. The Morgan fingerprint density at radius 3 is 2.47 bits per heavy atom. The highest BCUT2D eigenvalue weighted by atomic mass is 19.1. The number of aromatic amines is 1. The quantitative estimate of drug-likeness (QED) is 0.302. The Labute approximate surface area is 207 Å². The van der Waals surface area contributed by atoms with Crippen molar-refractivity contribution in [2.24, 2.45) is 0 Å². The first-order chi connectivity index (χ1) is 17.2. The fourth-order valence-electron chi connectivity index (χ4n) is 4.06. The number of ether oxygens (including phenoxy) is 1. The number of para-hydroxylation sites is 1. The second kappa shape index (κ2) is 10.6. The Balaban J connectivity index is 1.54. The maximum Gasteiger partial charge on any atom is 0.408 e. The molecule has 2 unspecified atom stereocenters. The van der Waals surface area contributed by atoms with Gasteiger partial charge in [0.05, 0.1) is 6.04 Å². The molecule has 3 N–H and O–H groups in total. The molecular formula is C28H27F2N3O3. The number of nitrogens with one attached hydrogen (secondary N) is 3. The molecule has 4 rings (SSSR count). The van der Waals surface area contributed by atoms with Crippen molar-refractivity contribution in [3.8, 4) is 0 Å². The van der Waals surface area contributed by atoms with Gasteiger partial charge in [0.1, 0.15) is 23.8 Å². The number of halogens is 2. The molecule has 1 aromatic heterocycles. The lowest BCUT2D eigenvalue weighted by Crippen LogP contribution is -2.58. The van der Waals surface area contributed by atoms with Crippen molar-refractivity contribution in [1.82, 2.24) is 15.6 Å². The minimum atomic E-state index is -1.40. The van der Waals surface area contributed by atoms with Crippen LogP contribution in [0.5, 0.6) is 0 Å². The van der Waals surface area contributed by atoms with Gasteiger partial charge >= 0.3 is 6.09 Å². The van der Waals surface area contributed by atoms with Crippen molar-refractivity contribution < 1.29 is 23.1 Å². The number of carbonyl (C=O) groups excluding carboxylic acids is 2. The van der Waals surface area contributed by atoms with E-state index >= 15 is 0 Å². The third kappa shape index (κ3) is 5.71. The molecule has 1 heterocycles. The molecule has 0 fully saturated rings. The van der Waals surface area contributed by atoms with Gasteiger partial charge in [-0.05, 0) is 43.2 Å². The molecular weight excluding hydrogens is 464 g/mol. The summed E-state index contributed by atoms with van der Waals surface area (Å²) in [5, 5.41) is 6.57. The summed E-state index contributed by atoms with van der Waals surface area (Å²) in [5.74, 6) is -1.95. The highest BCUT2D eigenvalue weighted by Crippen LogP contribution is 2.24. The standard InChI is InChI=1S/C28H27F2N3O3/c1-18(19-8-4-3-5-9-19)32-26(34)28(2,15-21-16-31-25-11-7-6-10-23(21)25)33-27(35)36-17-20-12-13-22(29)14-24(20)30/h3-14,16,18,31H,15,17H2,1-2H3,(H,32,34)(H,33,35). The van der Waals surface area contributed by atoms with Crippen molar-refractivity contribution in [2.45, 2.75) is 38.5 Å². The smallest absolute Gasteiger partial charge is 0.408 e. The van der Waals surface area contributed by atoms with Crippen LogP contribution < -0.4 is 10.6 Å². The van der Waals surface area contributed by atoms with E-state index in [1.807, 2.05) is 61.5 Å². The van der Waals surface area contributed by atoms with E-state index in [1.165, 1.54) is 6.07 Å². The molecule has 0 aliphatic rings.